The van der Waals surface area contributed by atoms with Gasteiger partial charge in [-0.25, -0.2) is 4.99 Å². The molecule has 0 saturated heterocycles. The molecule has 3 aromatic carbocycles. The first-order valence-electron chi connectivity index (χ1n) is 10.8. The van der Waals surface area contributed by atoms with Gasteiger partial charge in [-0.2, -0.15) is 0 Å². The smallest absolute Gasteiger partial charge is 0.271 e. The zero-order chi connectivity index (χ0) is 24.0. The highest BCUT2D eigenvalue weighted by molar-refractivity contribution is 7.07. The summed E-state index contributed by atoms with van der Waals surface area (Å²) in [4.78, 5) is 31.8. The number of phenolic OH excluding ortho intramolecular Hbond substituents is 1. The number of allylic oxidation sites excluding steroid dienone is 2. The third kappa shape index (κ3) is 3.54. The predicted molar refractivity (Wildman–Crippen MR) is 133 cm³/mol. The molecule has 0 fully saturated rings. The SMILES string of the molecule is COc1ccc2ccccc2c1[C@@H]1C(C(C)=O)=C(C)N=c2s/c(=C/c3cccc(O)c3)c(=O)n21. The standard InChI is InChI=1S/C27H22N2O4S/c1-15-23(16(2)30)25(24-20-10-5-4-8-18(20)11-12-21(24)33-3)29-26(32)22(34-27(29)28-15)14-17-7-6-9-19(31)13-17/h4-14,25,31H,1-3H3/b22-14+/t25-/m0/s1. The number of carbonyl (C=O) groups is 1. The van der Waals surface area contributed by atoms with Crippen LogP contribution >= 0.6 is 11.3 Å². The number of Topliss-reactive ketones (excluding diaryl/α,β-unsaturated/α-hetero) is 1. The van der Waals surface area contributed by atoms with Crippen LogP contribution in [0.15, 0.2) is 81.7 Å². The second-order valence-electron chi connectivity index (χ2n) is 8.14. The van der Waals surface area contributed by atoms with Gasteiger partial charge in [0.1, 0.15) is 11.5 Å². The second-order valence-corrected chi connectivity index (χ2v) is 9.14. The lowest BCUT2D eigenvalue weighted by atomic mass is 9.89. The first-order chi connectivity index (χ1) is 16.4. The maximum absolute atomic E-state index is 13.7. The fraction of sp³-hybridized carbons (Fsp3) is 0.148. The lowest BCUT2D eigenvalue weighted by molar-refractivity contribution is -0.114. The van der Waals surface area contributed by atoms with E-state index in [1.54, 1.807) is 42.9 Å². The van der Waals surface area contributed by atoms with Gasteiger partial charge in [0.2, 0.25) is 0 Å². The molecule has 0 amide bonds. The molecule has 5 rings (SSSR count). The number of benzene rings is 3. The fourth-order valence-corrected chi connectivity index (χ4v) is 5.59. The Morgan fingerprint density at radius 2 is 1.94 bits per heavy atom. The quantitative estimate of drug-likeness (QED) is 0.493. The molecule has 1 N–H and O–H groups in total. The zero-order valence-electron chi connectivity index (χ0n) is 18.9. The van der Waals surface area contributed by atoms with Crippen LogP contribution in [-0.2, 0) is 4.79 Å². The summed E-state index contributed by atoms with van der Waals surface area (Å²) in [6.07, 6.45) is 1.73. The van der Waals surface area contributed by atoms with E-state index in [1.165, 1.54) is 18.3 Å². The van der Waals surface area contributed by atoms with E-state index in [0.717, 1.165) is 16.3 Å². The number of ketones is 1. The predicted octanol–water partition coefficient (Wildman–Crippen LogP) is 3.69. The molecule has 0 unspecified atom stereocenters. The largest absolute Gasteiger partial charge is 0.508 e. The topological polar surface area (TPSA) is 80.9 Å². The number of rotatable bonds is 4. The van der Waals surface area contributed by atoms with Crippen molar-refractivity contribution >= 4 is 34.0 Å². The van der Waals surface area contributed by atoms with Gasteiger partial charge in [0.25, 0.3) is 5.56 Å². The van der Waals surface area contributed by atoms with E-state index >= 15 is 0 Å². The van der Waals surface area contributed by atoms with Crippen molar-refractivity contribution in [2.45, 2.75) is 19.9 Å². The Bertz CT molecular complexity index is 1680. The molecule has 1 aromatic heterocycles. The first-order valence-corrected chi connectivity index (χ1v) is 11.6. The van der Waals surface area contributed by atoms with E-state index in [4.69, 9.17) is 4.74 Å². The summed E-state index contributed by atoms with van der Waals surface area (Å²) in [5, 5.41) is 11.7. The lowest BCUT2D eigenvalue weighted by Gasteiger charge is -2.27. The summed E-state index contributed by atoms with van der Waals surface area (Å²) < 4.78 is 7.78. The van der Waals surface area contributed by atoms with Crippen LogP contribution in [-0.4, -0.2) is 22.6 Å². The van der Waals surface area contributed by atoms with Crippen LogP contribution in [0.25, 0.3) is 16.8 Å². The van der Waals surface area contributed by atoms with Crippen molar-refractivity contribution in [1.82, 2.24) is 4.57 Å². The number of aromatic nitrogens is 1. The molecule has 0 radical (unpaired) electrons. The number of fused-ring (bicyclic) bond motifs is 2. The van der Waals surface area contributed by atoms with Crippen molar-refractivity contribution < 1.29 is 14.6 Å². The van der Waals surface area contributed by atoms with Crippen LogP contribution < -0.4 is 19.6 Å². The van der Waals surface area contributed by atoms with E-state index in [1.807, 2.05) is 42.5 Å². The Kier molecular flexibility index (Phi) is 5.42. The van der Waals surface area contributed by atoms with Crippen molar-refractivity contribution in [1.29, 1.82) is 0 Å². The van der Waals surface area contributed by atoms with Gasteiger partial charge < -0.3 is 9.84 Å². The summed E-state index contributed by atoms with van der Waals surface area (Å²) >= 11 is 1.26. The number of hydrogen-bond acceptors (Lipinski definition) is 6. The van der Waals surface area contributed by atoms with Crippen LogP contribution in [0.5, 0.6) is 11.5 Å². The normalized spacial score (nSPS) is 15.9. The number of hydrogen-bond donors (Lipinski definition) is 1. The molecule has 4 aromatic rings. The molecule has 1 aliphatic rings. The number of phenols is 1. The zero-order valence-corrected chi connectivity index (χ0v) is 19.7. The third-order valence-corrected chi connectivity index (χ3v) is 6.98. The second kappa shape index (κ2) is 8.43. The number of nitrogens with zero attached hydrogens (tertiary/aromatic N) is 2. The van der Waals surface area contributed by atoms with Gasteiger partial charge in [0.05, 0.1) is 17.7 Å². The number of aromatic hydroxyl groups is 1. The minimum atomic E-state index is -0.680. The molecule has 170 valence electrons. The summed E-state index contributed by atoms with van der Waals surface area (Å²) in [6, 6.07) is 17.7. The summed E-state index contributed by atoms with van der Waals surface area (Å²) in [5.74, 6) is 0.567. The van der Waals surface area contributed by atoms with Crippen molar-refractivity contribution in [3.8, 4) is 11.5 Å². The highest BCUT2D eigenvalue weighted by Gasteiger charge is 2.33. The Balaban J connectivity index is 1.87. The van der Waals surface area contributed by atoms with E-state index < -0.39 is 6.04 Å². The van der Waals surface area contributed by atoms with E-state index in [9.17, 15) is 14.7 Å². The lowest BCUT2D eigenvalue weighted by Crippen LogP contribution is -2.39. The maximum Gasteiger partial charge on any atom is 0.271 e. The molecular formula is C27H22N2O4S. The number of methoxy groups -OCH3 is 1. The Morgan fingerprint density at radius 1 is 1.15 bits per heavy atom. The van der Waals surface area contributed by atoms with Crippen molar-refractivity contribution in [3.63, 3.8) is 0 Å². The Labute approximate surface area is 199 Å². The van der Waals surface area contributed by atoms with Gasteiger partial charge in [0, 0.05) is 16.8 Å². The monoisotopic (exact) mass is 470 g/mol. The van der Waals surface area contributed by atoms with Gasteiger partial charge in [-0.3, -0.25) is 14.2 Å². The molecule has 0 bridgehead atoms. The van der Waals surface area contributed by atoms with Crippen LogP contribution in [0.4, 0.5) is 0 Å². The molecule has 0 aliphatic carbocycles. The molecule has 7 heteroatoms. The fourth-order valence-electron chi connectivity index (χ4n) is 4.55. The summed E-state index contributed by atoms with van der Waals surface area (Å²) in [6.45, 7) is 3.30. The van der Waals surface area contributed by atoms with Gasteiger partial charge in [-0.15, -0.1) is 0 Å². The number of thiazole rings is 1. The molecule has 6 nitrogen and oxygen atoms in total. The Hall–Kier alpha value is -3.97. The molecule has 0 saturated carbocycles. The molecule has 2 heterocycles. The molecular weight excluding hydrogens is 448 g/mol. The maximum atomic E-state index is 13.7. The number of ether oxygens (including phenoxy) is 1. The minimum absolute atomic E-state index is 0.120. The van der Waals surface area contributed by atoms with E-state index in [2.05, 4.69) is 4.99 Å². The molecule has 1 atom stereocenters. The highest BCUT2D eigenvalue weighted by atomic mass is 32.1. The van der Waals surface area contributed by atoms with Crippen LogP contribution in [0.3, 0.4) is 0 Å². The highest BCUT2D eigenvalue weighted by Crippen LogP contribution is 2.40. The molecule has 34 heavy (non-hydrogen) atoms. The first kappa shape index (κ1) is 21.9. The van der Waals surface area contributed by atoms with Crippen molar-refractivity contribution in [2.24, 2.45) is 4.99 Å². The summed E-state index contributed by atoms with van der Waals surface area (Å²) in [5.41, 5.74) is 2.25. The average molecular weight is 471 g/mol. The minimum Gasteiger partial charge on any atom is -0.508 e. The molecule has 0 spiro atoms. The van der Waals surface area contributed by atoms with Gasteiger partial charge in [-0.1, -0.05) is 53.8 Å². The van der Waals surface area contributed by atoms with Crippen LogP contribution in [0.1, 0.15) is 31.0 Å². The van der Waals surface area contributed by atoms with Crippen LogP contribution in [0.2, 0.25) is 0 Å². The van der Waals surface area contributed by atoms with Crippen LogP contribution in [0, 0.1) is 0 Å². The molecule has 1 aliphatic heterocycles. The van der Waals surface area contributed by atoms with Crippen molar-refractivity contribution in [2.75, 3.05) is 7.11 Å². The van der Waals surface area contributed by atoms with Gasteiger partial charge in [-0.05, 0) is 54.5 Å². The van der Waals surface area contributed by atoms with E-state index in [-0.39, 0.29) is 17.1 Å². The van der Waals surface area contributed by atoms with Crippen molar-refractivity contribution in [3.05, 3.63) is 103 Å². The van der Waals surface area contributed by atoms with Gasteiger partial charge >= 0.3 is 0 Å². The third-order valence-electron chi connectivity index (χ3n) is 5.99. The van der Waals surface area contributed by atoms with Gasteiger partial charge in [0.15, 0.2) is 10.6 Å². The average Bonchev–Trinajstić information content (AvgIpc) is 3.11. The summed E-state index contributed by atoms with van der Waals surface area (Å²) in [7, 11) is 1.59. The Morgan fingerprint density at radius 3 is 2.68 bits per heavy atom. The number of carbonyl (C=O) groups excluding carboxylic acids is 1. The van der Waals surface area contributed by atoms with E-state index in [0.29, 0.717) is 31.9 Å².